The van der Waals surface area contributed by atoms with E-state index in [1.807, 2.05) is 6.08 Å². The molecule has 0 amide bonds. The van der Waals surface area contributed by atoms with Crippen molar-refractivity contribution in [1.82, 2.24) is 0 Å². The van der Waals surface area contributed by atoms with Gasteiger partial charge in [-0.3, -0.25) is 14.4 Å². The molecule has 0 saturated carbocycles. The van der Waals surface area contributed by atoms with Crippen LogP contribution in [0.4, 0.5) is 0 Å². The summed E-state index contributed by atoms with van der Waals surface area (Å²) in [5, 5.41) is 0. The maximum Gasteiger partial charge on any atom is 0.306 e. The smallest absolute Gasteiger partial charge is 0.306 e. The van der Waals surface area contributed by atoms with Crippen molar-refractivity contribution in [3.8, 4) is 0 Å². The lowest BCUT2D eigenvalue weighted by atomic mass is 10.0. The van der Waals surface area contributed by atoms with Gasteiger partial charge in [0.2, 0.25) is 0 Å². The second-order valence-corrected chi connectivity index (χ2v) is 17.1. The standard InChI is InChI=1S/C57H96O6/c1-4-7-10-13-16-19-22-25-26-27-28-29-30-33-35-38-41-44-47-50-56(59)62-53-54(63-57(60)51-48-45-42-39-36-32-24-21-18-15-12-9-6-3)52-61-55(58)49-46-43-40-37-34-31-23-20-17-14-11-8-5-2/h7,10,16,19,21,24-26,28-29,33,35,41,44,54H,4-6,8-9,11-15,17-18,20,22-23,27,30-32,34,36-40,42-43,45-53H2,1-3H3/b10-7-,19-16-,24-21-,26-25-,29-28-,35-33-,44-41-/t54-/m1/s1. The largest absolute Gasteiger partial charge is 0.462 e. The number of allylic oxidation sites excluding steroid dienone is 14. The summed E-state index contributed by atoms with van der Waals surface area (Å²) in [6.45, 7) is 6.43. The number of carbonyl (C=O) groups excluding carboxylic acids is 3. The average molecular weight is 877 g/mol. The Labute approximate surface area is 388 Å². The molecule has 6 nitrogen and oxygen atoms in total. The third-order valence-corrected chi connectivity index (χ3v) is 10.9. The fourth-order valence-corrected chi connectivity index (χ4v) is 6.99. The lowest BCUT2D eigenvalue weighted by Crippen LogP contribution is -2.30. The quantitative estimate of drug-likeness (QED) is 0.0262. The molecule has 0 aliphatic carbocycles. The second-order valence-electron chi connectivity index (χ2n) is 17.1. The molecule has 0 aromatic rings. The molecule has 0 aliphatic rings. The third-order valence-electron chi connectivity index (χ3n) is 10.9. The van der Waals surface area contributed by atoms with E-state index >= 15 is 0 Å². The number of hydrogen-bond acceptors (Lipinski definition) is 6. The van der Waals surface area contributed by atoms with Crippen molar-refractivity contribution in [2.75, 3.05) is 13.2 Å². The molecule has 360 valence electrons. The zero-order chi connectivity index (χ0) is 45.8. The Morgan fingerprint density at radius 2 is 0.651 bits per heavy atom. The minimum Gasteiger partial charge on any atom is -0.462 e. The highest BCUT2D eigenvalue weighted by atomic mass is 16.6. The molecule has 0 bridgehead atoms. The molecular weight excluding hydrogens is 781 g/mol. The molecule has 0 unspecified atom stereocenters. The Kier molecular flexibility index (Phi) is 48.5. The number of ether oxygens (including phenoxy) is 3. The number of rotatable bonds is 46. The van der Waals surface area contributed by atoms with E-state index in [9.17, 15) is 14.4 Å². The summed E-state index contributed by atoms with van der Waals surface area (Å²) in [4.78, 5) is 37.9. The molecule has 0 N–H and O–H groups in total. The monoisotopic (exact) mass is 877 g/mol. The van der Waals surface area contributed by atoms with Gasteiger partial charge in [-0.25, -0.2) is 0 Å². The molecule has 0 heterocycles. The van der Waals surface area contributed by atoms with Crippen LogP contribution in [0.5, 0.6) is 0 Å². The number of esters is 3. The Morgan fingerprint density at radius 3 is 1.08 bits per heavy atom. The lowest BCUT2D eigenvalue weighted by Gasteiger charge is -2.18. The molecule has 0 radical (unpaired) electrons. The number of unbranched alkanes of at least 4 members (excludes halogenated alkanes) is 21. The van der Waals surface area contributed by atoms with E-state index in [2.05, 4.69) is 99.8 Å². The van der Waals surface area contributed by atoms with Crippen molar-refractivity contribution in [3.05, 3.63) is 85.1 Å². The fraction of sp³-hybridized carbons (Fsp3) is 0.702. The SMILES string of the molecule is CC/C=C\C/C=C\C/C=C\C/C=C\C/C=C\C/C=C\CCC(=O)OC[C@@H](COC(=O)CCCCCCCCCCCCCCC)OC(=O)CCCCCCC/C=C\CCCCCC. The van der Waals surface area contributed by atoms with E-state index in [-0.39, 0.29) is 37.5 Å². The summed E-state index contributed by atoms with van der Waals surface area (Å²) in [7, 11) is 0. The first-order valence-corrected chi connectivity index (χ1v) is 26.1. The molecule has 0 aliphatic heterocycles. The third kappa shape index (κ3) is 49.5. The molecule has 0 saturated heterocycles. The van der Waals surface area contributed by atoms with Gasteiger partial charge in [0.1, 0.15) is 13.2 Å². The van der Waals surface area contributed by atoms with Crippen molar-refractivity contribution < 1.29 is 28.6 Å². The highest BCUT2D eigenvalue weighted by molar-refractivity contribution is 5.71. The summed E-state index contributed by atoms with van der Waals surface area (Å²) in [5.74, 6) is -0.998. The van der Waals surface area contributed by atoms with Crippen LogP contribution in [0.2, 0.25) is 0 Å². The molecule has 1 atom stereocenters. The van der Waals surface area contributed by atoms with E-state index in [4.69, 9.17) is 14.2 Å². The molecule has 0 aromatic carbocycles. The van der Waals surface area contributed by atoms with Gasteiger partial charge >= 0.3 is 17.9 Å². The van der Waals surface area contributed by atoms with Crippen LogP contribution in [0, 0.1) is 0 Å². The van der Waals surface area contributed by atoms with Gasteiger partial charge in [0.15, 0.2) is 6.10 Å². The van der Waals surface area contributed by atoms with Crippen molar-refractivity contribution >= 4 is 17.9 Å². The van der Waals surface area contributed by atoms with Gasteiger partial charge in [-0.1, -0.05) is 221 Å². The highest BCUT2D eigenvalue weighted by Crippen LogP contribution is 2.14. The van der Waals surface area contributed by atoms with Crippen LogP contribution in [0.25, 0.3) is 0 Å². The molecule has 6 heteroatoms. The first-order chi connectivity index (χ1) is 31.0. The van der Waals surface area contributed by atoms with Crippen LogP contribution in [-0.2, 0) is 28.6 Å². The van der Waals surface area contributed by atoms with E-state index < -0.39 is 6.10 Å². The van der Waals surface area contributed by atoms with Crippen LogP contribution in [-0.4, -0.2) is 37.2 Å². The van der Waals surface area contributed by atoms with Crippen LogP contribution in [0.15, 0.2) is 85.1 Å². The van der Waals surface area contributed by atoms with Gasteiger partial charge in [0.05, 0.1) is 0 Å². The van der Waals surface area contributed by atoms with Crippen molar-refractivity contribution in [2.45, 2.75) is 245 Å². The Balaban J connectivity index is 4.49. The normalized spacial score (nSPS) is 12.7. The van der Waals surface area contributed by atoms with Crippen molar-refractivity contribution in [3.63, 3.8) is 0 Å². The second kappa shape index (κ2) is 51.2. The van der Waals surface area contributed by atoms with Gasteiger partial charge in [0, 0.05) is 19.3 Å². The zero-order valence-corrected chi connectivity index (χ0v) is 41.1. The van der Waals surface area contributed by atoms with Crippen LogP contribution >= 0.6 is 0 Å². The Hall–Kier alpha value is -3.41. The van der Waals surface area contributed by atoms with E-state index in [0.717, 1.165) is 89.9 Å². The first kappa shape index (κ1) is 59.6. The summed E-state index contributed by atoms with van der Waals surface area (Å²) in [5.41, 5.74) is 0. The van der Waals surface area contributed by atoms with Crippen LogP contribution < -0.4 is 0 Å². The summed E-state index contributed by atoms with van der Waals surface area (Å²) in [6.07, 6.45) is 65.7. The van der Waals surface area contributed by atoms with Gasteiger partial charge in [-0.15, -0.1) is 0 Å². The lowest BCUT2D eigenvalue weighted by molar-refractivity contribution is -0.166. The van der Waals surface area contributed by atoms with Crippen LogP contribution in [0.1, 0.15) is 239 Å². The highest BCUT2D eigenvalue weighted by Gasteiger charge is 2.19. The van der Waals surface area contributed by atoms with Gasteiger partial charge in [-0.05, 0) is 83.5 Å². The van der Waals surface area contributed by atoms with E-state index in [1.165, 1.54) is 103 Å². The molecule has 0 fully saturated rings. The van der Waals surface area contributed by atoms with E-state index in [1.54, 1.807) is 0 Å². The summed E-state index contributed by atoms with van der Waals surface area (Å²) >= 11 is 0. The molecule has 0 aromatic heterocycles. The fourth-order valence-electron chi connectivity index (χ4n) is 6.99. The zero-order valence-electron chi connectivity index (χ0n) is 41.1. The van der Waals surface area contributed by atoms with Crippen molar-refractivity contribution in [2.24, 2.45) is 0 Å². The summed E-state index contributed by atoms with van der Waals surface area (Å²) < 4.78 is 16.7. The predicted molar refractivity (Wildman–Crippen MR) is 270 cm³/mol. The maximum atomic E-state index is 12.8. The Morgan fingerprint density at radius 1 is 0.333 bits per heavy atom. The maximum absolute atomic E-state index is 12.8. The van der Waals surface area contributed by atoms with Crippen molar-refractivity contribution in [1.29, 1.82) is 0 Å². The van der Waals surface area contributed by atoms with Crippen LogP contribution in [0.3, 0.4) is 0 Å². The minimum absolute atomic E-state index is 0.102. The molecule has 63 heavy (non-hydrogen) atoms. The molecule has 0 spiro atoms. The first-order valence-electron chi connectivity index (χ1n) is 26.1. The summed E-state index contributed by atoms with van der Waals surface area (Å²) in [6, 6.07) is 0. The number of hydrogen-bond donors (Lipinski definition) is 0. The topological polar surface area (TPSA) is 78.9 Å². The Bertz CT molecular complexity index is 1240. The number of carbonyl (C=O) groups is 3. The molecule has 0 rings (SSSR count). The predicted octanol–water partition coefficient (Wildman–Crippen LogP) is 17.2. The van der Waals surface area contributed by atoms with Gasteiger partial charge in [0.25, 0.3) is 0 Å². The van der Waals surface area contributed by atoms with E-state index in [0.29, 0.717) is 19.3 Å². The van der Waals surface area contributed by atoms with Gasteiger partial charge in [-0.2, -0.15) is 0 Å². The van der Waals surface area contributed by atoms with Gasteiger partial charge < -0.3 is 14.2 Å². The molecular formula is C57H96O6. The minimum atomic E-state index is -0.809. The average Bonchev–Trinajstić information content (AvgIpc) is 3.28.